The van der Waals surface area contributed by atoms with Gasteiger partial charge >= 0.3 is 0 Å². The zero-order valence-corrected chi connectivity index (χ0v) is 41.1. The molecule has 0 saturated heterocycles. The molecule has 0 saturated carbocycles. The van der Waals surface area contributed by atoms with Gasteiger partial charge in [-0.05, 0) is 143 Å². The van der Waals surface area contributed by atoms with Crippen LogP contribution in [0.3, 0.4) is 0 Å². The molecule has 0 aliphatic heterocycles. The van der Waals surface area contributed by atoms with Crippen LogP contribution < -0.4 is 4.90 Å². The lowest BCUT2D eigenvalue weighted by atomic mass is 9.68. The number of hydrogen-bond acceptors (Lipinski definition) is 2. The maximum Gasteiger partial charge on any atom is 0.143 e. The summed E-state index contributed by atoms with van der Waals surface area (Å²) in [5.74, 6) is 0. The van der Waals surface area contributed by atoms with Crippen molar-refractivity contribution in [3.05, 3.63) is 298 Å². The molecule has 6 aliphatic carbocycles. The minimum absolute atomic E-state index is 0.175. The number of para-hydroxylation sites is 1. The zero-order chi connectivity index (χ0) is 48.7. The van der Waals surface area contributed by atoms with E-state index in [-0.39, 0.29) is 5.41 Å². The molecule has 11 aromatic rings. The predicted molar refractivity (Wildman–Crippen MR) is 304 cm³/mol. The number of allylic oxidation sites excluding steroid dienone is 6. The molecule has 1 atom stereocenters. The normalized spacial score (nSPS) is 17.6. The van der Waals surface area contributed by atoms with E-state index in [1.54, 1.807) is 0 Å². The van der Waals surface area contributed by atoms with Crippen LogP contribution in [0, 0.1) is 0 Å². The van der Waals surface area contributed by atoms with E-state index in [2.05, 4.69) is 255 Å². The largest absolute Gasteiger partial charge is 0.455 e. The zero-order valence-electron chi connectivity index (χ0n) is 41.1. The first-order chi connectivity index (χ1) is 36.5. The molecule has 0 bridgehead atoms. The molecule has 10 aromatic carbocycles. The van der Waals surface area contributed by atoms with Crippen LogP contribution in [0.1, 0.15) is 75.9 Å². The molecule has 2 spiro atoms. The van der Waals surface area contributed by atoms with Gasteiger partial charge in [0.15, 0.2) is 0 Å². The number of benzene rings is 10. The first kappa shape index (κ1) is 40.6. The minimum Gasteiger partial charge on any atom is -0.455 e. The highest BCUT2D eigenvalue weighted by molar-refractivity contribution is 6.13. The van der Waals surface area contributed by atoms with Gasteiger partial charge in [0.05, 0.1) is 16.5 Å². The summed E-state index contributed by atoms with van der Waals surface area (Å²) in [7, 11) is 0. The van der Waals surface area contributed by atoms with Gasteiger partial charge in [-0.1, -0.05) is 214 Å². The van der Waals surface area contributed by atoms with E-state index in [9.17, 15) is 0 Å². The molecule has 2 heteroatoms. The van der Waals surface area contributed by atoms with Crippen LogP contribution in [-0.4, -0.2) is 0 Å². The molecule has 0 radical (unpaired) electrons. The Morgan fingerprint density at radius 2 is 0.959 bits per heavy atom. The molecular weight excluding hydrogens is 895 g/mol. The van der Waals surface area contributed by atoms with Crippen molar-refractivity contribution in [3.63, 3.8) is 0 Å². The molecular formula is C72H47NO. The first-order valence-electron chi connectivity index (χ1n) is 26.2. The quantitative estimate of drug-likeness (QED) is 0.175. The molecule has 346 valence electrons. The number of furan rings is 1. The van der Waals surface area contributed by atoms with E-state index >= 15 is 0 Å². The molecule has 74 heavy (non-hydrogen) atoms. The smallest absolute Gasteiger partial charge is 0.143 e. The average molecular weight is 942 g/mol. The highest BCUT2D eigenvalue weighted by Gasteiger charge is 2.54. The second-order valence-electron chi connectivity index (χ2n) is 21.7. The number of fused-ring (bicyclic) bond motifs is 26. The summed E-state index contributed by atoms with van der Waals surface area (Å²) in [4.78, 5) is 2.60. The van der Waals surface area contributed by atoms with Gasteiger partial charge in [0.2, 0.25) is 0 Å². The van der Waals surface area contributed by atoms with Crippen LogP contribution in [0.25, 0.3) is 72.0 Å². The van der Waals surface area contributed by atoms with Crippen molar-refractivity contribution >= 4 is 44.6 Å². The number of rotatable bonds is 3. The van der Waals surface area contributed by atoms with Crippen molar-refractivity contribution in [2.24, 2.45) is 0 Å². The van der Waals surface area contributed by atoms with Gasteiger partial charge in [-0.3, -0.25) is 0 Å². The number of nitrogens with zero attached hydrogens (tertiary/aromatic N) is 1. The van der Waals surface area contributed by atoms with Gasteiger partial charge in [0.1, 0.15) is 11.2 Å². The van der Waals surface area contributed by atoms with Gasteiger partial charge in [-0.25, -0.2) is 0 Å². The van der Waals surface area contributed by atoms with Crippen molar-refractivity contribution in [2.75, 3.05) is 4.90 Å². The Morgan fingerprint density at radius 1 is 0.392 bits per heavy atom. The van der Waals surface area contributed by atoms with Crippen molar-refractivity contribution in [1.82, 2.24) is 0 Å². The molecule has 17 rings (SSSR count). The van der Waals surface area contributed by atoms with Crippen LogP contribution in [0.2, 0.25) is 0 Å². The molecule has 1 aromatic heterocycles. The summed E-state index contributed by atoms with van der Waals surface area (Å²) in [5.41, 5.74) is 30.4. The van der Waals surface area contributed by atoms with E-state index in [0.717, 1.165) is 39.7 Å². The summed E-state index contributed by atoms with van der Waals surface area (Å²) in [6.45, 7) is 4.78. The van der Waals surface area contributed by atoms with E-state index in [1.165, 1.54) is 117 Å². The summed E-state index contributed by atoms with van der Waals surface area (Å²) < 4.78 is 6.88. The van der Waals surface area contributed by atoms with Gasteiger partial charge in [0.25, 0.3) is 0 Å². The fraction of sp³-hybridized carbons (Fsp3) is 0.0833. The minimum atomic E-state index is -0.542. The Kier molecular flexibility index (Phi) is 7.77. The molecule has 0 fully saturated rings. The first-order valence-corrected chi connectivity index (χ1v) is 26.2. The topological polar surface area (TPSA) is 16.4 Å². The van der Waals surface area contributed by atoms with Crippen LogP contribution in [0.4, 0.5) is 17.1 Å². The summed E-state index contributed by atoms with van der Waals surface area (Å²) in [6, 6.07) is 80.7. The summed E-state index contributed by atoms with van der Waals surface area (Å²) in [5, 5.41) is 2.31. The van der Waals surface area contributed by atoms with Gasteiger partial charge < -0.3 is 9.32 Å². The summed E-state index contributed by atoms with van der Waals surface area (Å²) >= 11 is 0. The fourth-order valence-corrected chi connectivity index (χ4v) is 15.3. The molecule has 2 nitrogen and oxygen atoms in total. The Hall–Kier alpha value is -8.98. The lowest BCUT2D eigenvalue weighted by molar-refractivity contribution is 0.660. The van der Waals surface area contributed by atoms with Crippen molar-refractivity contribution in [1.29, 1.82) is 0 Å². The monoisotopic (exact) mass is 941 g/mol. The highest BCUT2D eigenvalue weighted by Crippen LogP contribution is 2.67. The van der Waals surface area contributed by atoms with E-state index in [0.29, 0.717) is 0 Å². The van der Waals surface area contributed by atoms with Crippen LogP contribution >= 0.6 is 0 Å². The number of hydrogen-bond donors (Lipinski definition) is 0. The molecule has 1 heterocycles. The lowest BCUT2D eigenvalue weighted by Gasteiger charge is -2.34. The Morgan fingerprint density at radius 3 is 1.72 bits per heavy atom. The van der Waals surface area contributed by atoms with Crippen molar-refractivity contribution in [3.8, 4) is 44.5 Å². The second kappa shape index (κ2) is 14.2. The Balaban J connectivity index is 0.944. The fourth-order valence-electron chi connectivity index (χ4n) is 15.3. The standard InChI is InChI=1S/C72H47NO/c1-70(2)55-26-12-9-24-52(55)67-62(70)32-18-33-65(67)73(44-35-37-49-47-19-4-3-5-27-56(47)72(64(49)42-44)57-28-13-6-20-45(57)46-21-7-14-29-58(46)72)43-36-39-61-54(41-43)48-22-8-15-30-59(48)71(61)60-31-16-10-25-53(60)68-63(71)40-38-51-50-23-11-17-34-66(50)74-69(51)68/h3-26,28-42H,27H2,1-2H3. The summed E-state index contributed by atoms with van der Waals surface area (Å²) in [6.07, 6.45) is 10.0. The number of anilines is 3. The van der Waals surface area contributed by atoms with Gasteiger partial charge in [-0.15, -0.1) is 0 Å². The highest BCUT2D eigenvalue weighted by atomic mass is 16.3. The third kappa shape index (κ3) is 4.75. The Labute approximate surface area is 430 Å². The second-order valence-corrected chi connectivity index (χ2v) is 21.7. The van der Waals surface area contributed by atoms with Crippen LogP contribution in [-0.2, 0) is 16.2 Å². The van der Waals surface area contributed by atoms with Crippen LogP contribution in [0.15, 0.2) is 247 Å². The third-order valence-electron chi connectivity index (χ3n) is 18.2. The van der Waals surface area contributed by atoms with Crippen molar-refractivity contribution < 1.29 is 4.42 Å². The molecule has 0 amide bonds. The van der Waals surface area contributed by atoms with Gasteiger partial charge in [-0.2, -0.15) is 0 Å². The predicted octanol–water partition coefficient (Wildman–Crippen LogP) is 18.3. The third-order valence-corrected chi connectivity index (χ3v) is 18.2. The SMILES string of the molecule is CC1(C)c2ccccc2-c2c(N(c3ccc4c(c3)-c3ccccc3C43c4ccccc4-c4c3ccc3c4oc4ccccc43)c3ccc4c(c3)C3(C5=C4C=CC=CC5)c4ccccc4-c4ccccc43)cccc21. The van der Waals surface area contributed by atoms with E-state index in [1.807, 2.05) is 0 Å². The maximum atomic E-state index is 6.88. The van der Waals surface area contributed by atoms with Crippen LogP contribution in [0.5, 0.6) is 0 Å². The van der Waals surface area contributed by atoms with Crippen molar-refractivity contribution in [2.45, 2.75) is 36.5 Å². The van der Waals surface area contributed by atoms with E-state index in [4.69, 9.17) is 4.42 Å². The molecule has 6 aliphatic rings. The average Bonchev–Trinajstić information content (AvgIpc) is 4.25. The maximum absolute atomic E-state index is 6.88. The Bertz CT molecular complexity index is 4410. The van der Waals surface area contributed by atoms with E-state index < -0.39 is 10.8 Å². The molecule has 1 unspecified atom stereocenters. The van der Waals surface area contributed by atoms with Gasteiger partial charge in [0, 0.05) is 38.7 Å². The molecule has 0 N–H and O–H groups in total. The lowest BCUT2D eigenvalue weighted by Crippen LogP contribution is -2.27.